The first kappa shape index (κ1) is 16.9. The number of thioether (sulfide) groups is 1. The van der Waals surface area contributed by atoms with Gasteiger partial charge in [-0.2, -0.15) is 0 Å². The molecule has 3 N–H and O–H groups in total. The largest absolute Gasteiger partial charge is 0.396 e. The molecule has 1 atom stereocenters. The lowest BCUT2D eigenvalue weighted by molar-refractivity contribution is 0.0905. The Morgan fingerprint density at radius 2 is 2.16 bits per heavy atom. The average Bonchev–Trinajstić information content (AvgIpc) is 3.23. The van der Waals surface area contributed by atoms with Gasteiger partial charge < -0.3 is 20.1 Å². The van der Waals surface area contributed by atoms with Crippen molar-refractivity contribution in [1.82, 2.24) is 4.98 Å². The summed E-state index contributed by atoms with van der Waals surface area (Å²) in [5.74, 6) is 0.956. The first-order valence-corrected chi connectivity index (χ1v) is 10.0. The van der Waals surface area contributed by atoms with E-state index in [1.807, 2.05) is 0 Å². The van der Waals surface area contributed by atoms with E-state index < -0.39 is 0 Å². The number of aliphatic hydroxyl groups is 1. The smallest absolute Gasteiger partial charge is 0.114 e. The minimum atomic E-state index is 0.201. The molecule has 0 radical (unpaired) electrons. The van der Waals surface area contributed by atoms with Crippen molar-refractivity contribution in [3.8, 4) is 0 Å². The second kappa shape index (κ2) is 7.40. The highest BCUT2D eigenvalue weighted by molar-refractivity contribution is 8.14. The topological polar surface area (TPSA) is 69.6 Å². The van der Waals surface area contributed by atoms with Crippen LogP contribution in [0, 0.1) is 6.92 Å². The molecule has 134 valence electrons. The number of aryl methyl sites for hydroxylation is 1. The quantitative estimate of drug-likeness (QED) is 0.766. The Kier molecular flexibility index (Phi) is 5.01. The molecule has 1 aromatic heterocycles. The number of hydrogen-bond donors (Lipinski definition) is 3. The van der Waals surface area contributed by atoms with Crippen molar-refractivity contribution in [3.63, 3.8) is 0 Å². The molecule has 1 saturated heterocycles. The molecule has 0 saturated carbocycles. The Balaban J connectivity index is 1.63. The summed E-state index contributed by atoms with van der Waals surface area (Å²) in [5.41, 5.74) is 4.66. The van der Waals surface area contributed by atoms with Gasteiger partial charge in [0.25, 0.3) is 0 Å². The SMILES string of the molecule is Cc1cc(NC2CCOCC2)c2[nH]c(C3=N[C@@H](CCO)CS3)cc2c1. The van der Waals surface area contributed by atoms with Gasteiger partial charge in [0.15, 0.2) is 0 Å². The van der Waals surface area contributed by atoms with E-state index in [0.717, 1.165) is 54.5 Å². The van der Waals surface area contributed by atoms with Crippen LogP contribution in [0.3, 0.4) is 0 Å². The molecule has 0 bridgehead atoms. The van der Waals surface area contributed by atoms with Crippen molar-refractivity contribution in [2.45, 2.75) is 38.3 Å². The highest BCUT2D eigenvalue weighted by Gasteiger charge is 2.21. The zero-order chi connectivity index (χ0) is 17.2. The predicted octanol–water partition coefficient (Wildman–Crippen LogP) is 3.31. The standard InChI is InChI=1S/C19H25N3O2S/c1-12-8-13-10-17(19-21-15(2-5-23)11-25-19)22-18(13)16(9-12)20-14-3-6-24-7-4-14/h8-10,14-15,20,22-23H,2-7,11H2,1H3/t15-/m0/s1. The van der Waals surface area contributed by atoms with E-state index in [1.165, 1.54) is 16.6 Å². The number of ether oxygens (including phenoxy) is 1. The van der Waals surface area contributed by atoms with Gasteiger partial charge >= 0.3 is 0 Å². The second-order valence-corrected chi connectivity index (χ2v) is 7.91. The minimum absolute atomic E-state index is 0.201. The Bertz CT molecular complexity index is 780. The van der Waals surface area contributed by atoms with Crippen LogP contribution in [-0.2, 0) is 4.74 Å². The molecule has 1 aromatic carbocycles. The van der Waals surface area contributed by atoms with Crippen LogP contribution in [0.5, 0.6) is 0 Å². The molecule has 0 spiro atoms. The third-order valence-corrected chi connectivity index (χ3v) is 6.01. The van der Waals surface area contributed by atoms with E-state index in [9.17, 15) is 0 Å². The van der Waals surface area contributed by atoms with Gasteiger partial charge in [-0.15, -0.1) is 11.8 Å². The highest BCUT2D eigenvalue weighted by atomic mass is 32.2. The Morgan fingerprint density at radius 1 is 1.32 bits per heavy atom. The third-order valence-electron chi connectivity index (χ3n) is 4.86. The Morgan fingerprint density at radius 3 is 2.96 bits per heavy atom. The van der Waals surface area contributed by atoms with Crippen molar-refractivity contribution >= 4 is 33.4 Å². The first-order valence-electron chi connectivity index (χ1n) is 9.02. The van der Waals surface area contributed by atoms with Crippen LogP contribution in [-0.4, -0.2) is 52.8 Å². The van der Waals surface area contributed by atoms with Gasteiger partial charge in [-0.3, -0.25) is 4.99 Å². The zero-order valence-electron chi connectivity index (χ0n) is 14.5. The van der Waals surface area contributed by atoms with Crippen molar-refractivity contribution in [2.24, 2.45) is 4.99 Å². The number of aliphatic hydroxyl groups excluding tert-OH is 1. The molecule has 2 aromatic rings. The maximum absolute atomic E-state index is 9.12. The fraction of sp³-hybridized carbons (Fsp3) is 0.526. The number of aromatic nitrogens is 1. The summed E-state index contributed by atoms with van der Waals surface area (Å²) >= 11 is 1.78. The normalized spacial score (nSPS) is 21.7. The second-order valence-electron chi connectivity index (χ2n) is 6.90. The van der Waals surface area contributed by atoms with Gasteiger partial charge in [0, 0.05) is 37.0 Å². The van der Waals surface area contributed by atoms with Crippen molar-refractivity contribution in [1.29, 1.82) is 0 Å². The van der Waals surface area contributed by atoms with Gasteiger partial charge in [0.05, 0.1) is 22.9 Å². The number of aliphatic imine (C=N–C) groups is 1. The number of benzene rings is 1. The van der Waals surface area contributed by atoms with Crippen LogP contribution in [0.25, 0.3) is 10.9 Å². The molecule has 3 heterocycles. The summed E-state index contributed by atoms with van der Waals surface area (Å²) in [6, 6.07) is 7.34. The van der Waals surface area contributed by atoms with E-state index in [4.69, 9.17) is 14.8 Å². The van der Waals surface area contributed by atoms with E-state index in [0.29, 0.717) is 6.04 Å². The van der Waals surface area contributed by atoms with Crippen LogP contribution < -0.4 is 5.32 Å². The maximum atomic E-state index is 9.12. The van der Waals surface area contributed by atoms with Gasteiger partial charge in [0.2, 0.25) is 0 Å². The van der Waals surface area contributed by atoms with Crippen molar-refractivity contribution in [3.05, 3.63) is 29.5 Å². The molecule has 2 aliphatic rings. The van der Waals surface area contributed by atoms with E-state index in [-0.39, 0.29) is 12.6 Å². The number of hydrogen-bond acceptors (Lipinski definition) is 5. The van der Waals surface area contributed by atoms with Gasteiger partial charge in [-0.25, -0.2) is 0 Å². The highest BCUT2D eigenvalue weighted by Crippen LogP contribution is 2.31. The predicted molar refractivity (Wildman–Crippen MR) is 105 cm³/mol. The number of anilines is 1. The summed E-state index contributed by atoms with van der Waals surface area (Å²) in [6.07, 6.45) is 2.84. The van der Waals surface area contributed by atoms with Crippen LogP contribution in [0.2, 0.25) is 0 Å². The number of H-pyrrole nitrogens is 1. The molecule has 1 fully saturated rings. The van der Waals surface area contributed by atoms with Crippen LogP contribution >= 0.6 is 11.8 Å². The summed E-state index contributed by atoms with van der Waals surface area (Å²) < 4.78 is 5.47. The molecule has 4 rings (SSSR count). The molecule has 0 unspecified atom stereocenters. The van der Waals surface area contributed by atoms with E-state index in [2.05, 4.69) is 35.4 Å². The fourth-order valence-electron chi connectivity index (χ4n) is 3.54. The van der Waals surface area contributed by atoms with Gasteiger partial charge in [0.1, 0.15) is 5.04 Å². The molecular formula is C19H25N3O2S. The number of aromatic amines is 1. The molecule has 25 heavy (non-hydrogen) atoms. The average molecular weight is 359 g/mol. The number of nitrogens with one attached hydrogen (secondary N) is 2. The molecule has 0 aliphatic carbocycles. The zero-order valence-corrected chi connectivity index (χ0v) is 15.4. The molecule has 6 heteroatoms. The monoisotopic (exact) mass is 359 g/mol. The lowest BCUT2D eigenvalue weighted by Crippen LogP contribution is -2.27. The van der Waals surface area contributed by atoms with E-state index in [1.54, 1.807) is 11.8 Å². The lowest BCUT2D eigenvalue weighted by atomic mass is 10.1. The van der Waals surface area contributed by atoms with Crippen LogP contribution in [0.4, 0.5) is 5.69 Å². The van der Waals surface area contributed by atoms with Gasteiger partial charge in [-0.05, 0) is 49.9 Å². The van der Waals surface area contributed by atoms with Crippen molar-refractivity contribution in [2.75, 3.05) is 30.9 Å². The molecular weight excluding hydrogens is 334 g/mol. The molecule has 0 amide bonds. The summed E-state index contributed by atoms with van der Waals surface area (Å²) in [4.78, 5) is 8.34. The Labute approximate surface area is 152 Å². The van der Waals surface area contributed by atoms with Gasteiger partial charge in [-0.1, -0.05) is 0 Å². The summed E-state index contributed by atoms with van der Waals surface area (Å²) in [5, 5.41) is 15.1. The Hall–Kier alpha value is -1.50. The molecule has 5 nitrogen and oxygen atoms in total. The number of rotatable bonds is 5. The molecule has 2 aliphatic heterocycles. The lowest BCUT2D eigenvalue weighted by Gasteiger charge is -2.24. The maximum Gasteiger partial charge on any atom is 0.114 e. The van der Waals surface area contributed by atoms with Crippen molar-refractivity contribution < 1.29 is 9.84 Å². The minimum Gasteiger partial charge on any atom is -0.396 e. The number of fused-ring (bicyclic) bond motifs is 1. The van der Waals surface area contributed by atoms with E-state index >= 15 is 0 Å². The fourth-order valence-corrected chi connectivity index (χ4v) is 4.63. The number of nitrogens with zero attached hydrogens (tertiary/aromatic N) is 1. The third kappa shape index (κ3) is 3.71. The van der Waals surface area contributed by atoms with Crippen LogP contribution in [0.1, 0.15) is 30.5 Å². The first-order chi connectivity index (χ1) is 12.2. The summed E-state index contributed by atoms with van der Waals surface area (Å²) in [7, 11) is 0. The summed E-state index contributed by atoms with van der Waals surface area (Å²) in [6.45, 7) is 4.01. The van der Waals surface area contributed by atoms with Crippen LogP contribution in [0.15, 0.2) is 23.2 Å².